The molecule has 9 heteroatoms. The van der Waals surface area contributed by atoms with Gasteiger partial charge in [0.2, 0.25) is 0 Å². The monoisotopic (exact) mass is 592 g/mol. The van der Waals surface area contributed by atoms with Gasteiger partial charge in [-0.3, -0.25) is 14.7 Å². The number of amides is 1. The topological polar surface area (TPSA) is 77.4 Å². The summed E-state index contributed by atoms with van der Waals surface area (Å²) in [5.41, 5.74) is 0.810. The average molecular weight is 594 g/mol. The van der Waals surface area contributed by atoms with Gasteiger partial charge in [0.25, 0.3) is 5.91 Å². The zero-order chi connectivity index (χ0) is 26.2. The van der Waals surface area contributed by atoms with Gasteiger partial charge in [0.15, 0.2) is 23.3 Å². The minimum Gasteiger partial charge on any atom is -0.490 e. The van der Waals surface area contributed by atoms with Crippen LogP contribution in [0, 0.1) is 0 Å². The van der Waals surface area contributed by atoms with Crippen LogP contribution in [0.1, 0.15) is 83.6 Å². The molecule has 202 valence electrons. The van der Waals surface area contributed by atoms with Crippen LogP contribution in [0.4, 0.5) is 0 Å². The van der Waals surface area contributed by atoms with Gasteiger partial charge in [-0.2, -0.15) is 0 Å². The zero-order valence-electron chi connectivity index (χ0n) is 21.8. The van der Waals surface area contributed by atoms with E-state index in [4.69, 9.17) is 19.2 Å². The zero-order valence-corrected chi connectivity index (χ0v) is 24.2. The number of esters is 1. The summed E-state index contributed by atoms with van der Waals surface area (Å²) in [4.78, 5) is 33.3. The molecule has 0 spiro atoms. The van der Waals surface area contributed by atoms with Crippen molar-refractivity contribution in [2.75, 3.05) is 19.8 Å². The van der Waals surface area contributed by atoms with Crippen molar-refractivity contribution in [2.24, 2.45) is 4.99 Å². The number of aliphatic imine (C=N–C) groups is 1. The van der Waals surface area contributed by atoms with E-state index in [1.807, 2.05) is 24.0 Å². The number of ether oxygens (including phenoxy) is 3. The predicted octanol–water partition coefficient (Wildman–Crippen LogP) is 6.73. The number of hydrogen-bond acceptors (Lipinski definition) is 7. The largest absolute Gasteiger partial charge is 0.490 e. The Morgan fingerprint density at radius 2 is 1.70 bits per heavy atom. The number of halogens is 1. The molecule has 2 aliphatic carbocycles. The van der Waals surface area contributed by atoms with E-state index in [1.54, 1.807) is 13.0 Å². The van der Waals surface area contributed by atoms with Gasteiger partial charge in [-0.15, -0.1) is 0 Å². The van der Waals surface area contributed by atoms with Crippen LogP contribution in [0.5, 0.6) is 11.5 Å². The minimum atomic E-state index is -0.437. The molecule has 1 aliphatic heterocycles. The first-order valence-electron chi connectivity index (χ1n) is 13.6. The molecule has 37 heavy (non-hydrogen) atoms. The van der Waals surface area contributed by atoms with Gasteiger partial charge in [-0.1, -0.05) is 54.5 Å². The maximum absolute atomic E-state index is 13.7. The summed E-state index contributed by atoms with van der Waals surface area (Å²) in [6, 6.07) is 4.15. The van der Waals surface area contributed by atoms with E-state index < -0.39 is 5.97 Å². The molecule has 1 saturated heterocycles. The first kappa shape index (κ1) is 28.0. The summed E-state index contributed by atoms with van der Waals surface area (Å²) in [7, 11) is 0. The lowest BCUT2D eigenvalue weighted by Gasteiger charge is -2.31. The van der Waals surface area contributed by atoms with Crippen molar-refractivity contribution < 1.29 is 23.8 Å². The van der Waals surface area contributed by atoms with Crippen molar-refractivity contribution >= 4 is 50.8 Å². The summed E-state index contributed by atoms with van der Waals surface area (Å²) in [5.74, 6) is 0.557. The van der Waals surface area contributed by atoms with Gasteiger partial charge in [-0.25, -0.2) is 4.79 Å². The van der Waals surface area contributed by atoms with Crippen LogP contribution >= 0.6 is 27.7 Å². The first-order valence-corrected chi connectivity index (χ1v) is 15.2. The van der Waals surface area contributed by atoms with Gasteiger partial charge in [0.05, 0.1) is 24.2 Å². The molecule has 0 atom stereocenters. The van der Waals surface area contributed by atoms with E-state index >= 15 is 0 Å². The number of amidine groups is 1. The Balaban J connectivity index is 1.61. The van der Waals surface area contributed by atoms with Crippen molar-refractivity contribution in [3.05, 3.63) is 27.1 Å². The van der Waals surface area contributed by atoms with Crippen LogP contribution in [0.15, 0.2) is 26.5 Å². The van der Waals surface area contributed by atoms with Gasteiger partial charge < -0.3 is 14.2 Å². The molecule has 1 heterocycles. The number of carbonyl (C=O) groups excluding carboxylic acids is 2. The van der Waals surface area contributed by atoms with Crippen molar-refractivity contribution in [1.29, 1.82) is 0 Å². The molecular weight excluding hydrogens is 556 g/mol. The maximum Gasteiger partial charge on any atom is 0.344 e. The summed E-state index contributed by atoms with van der Waals surface area (Å²) in [5, 5.41) is 0.866. The van der Waals surface area contributed by atoms with Crippen molar-refractivity contribution in [1.82, 2.24) is 4.90 Å². The summed E-state index contributed by atoms with van der Waals surface area (Å²) in [6.45, 7) is 4.18. The van der Waals surface area contributed by atoms with E-state index in [0.29, 0.717) is 35.7 Å². The molecule has 0 bridgehead atoms. The van der Waals surface area contributed by atoms with E-state index in [2.05, 4.69) is 15.9 Å². The van der Waals surface area contributed by atoms with Gasteiger partial charge in [0.1, 0.15) is 0 Å². The standard InChI is InChI=1S/C28H37BrN2O5S/c1-3-34-23-15-19(22(29)17-24(23)36-18-26(32)35-4-2)16-25-27(33)31(21-13-9-6-10-14-21)28(37-25)30-20-11-7-5-8-12-20/h15-17,20-21H,3-14,18H2,1-2H3. The molecule has 1 aromatic carbocycles. The van der Waals surface area contributed by atoms with Crippen LogP contribution < -0.4 is 9.47 Å². The molecule has 0 aromatic heterocycles. The van der Waals surface area contributed by atoms with Gasteiger partial charge >= 0.3 is 5.97 Å². The van der Waals surface area contributed by atoms with E-state index in [1.165, 1.54) is 37.4 Å². The Morgan fingerprint density at radius 1 is 1.03 bits per heavy atom. The normalized spacial score (nSPS) is 21.6. The molecule has 3 aliphatic rings. The van der Waals surface area contributed by atoms with Crippen LogP contribution in [0.3, 0.4) is 0 Å². The number of carbonyl (C=O) groups is 2. The van der Waals surface area contributed by atoms with Gasteiger partial charge in [0, 0.05) is 10.5 Å². The van der Waals surface area contributed by atoms with Crippen molar-refractivity contribution in [2.45, 2.75) is 90.1 Å². The number of hydrogen-bond donors (Lipinski definition) is 0. The van der Waals surface area contributed by atoms with Gasteiger partial charge in [-0.05, 0) is 75.1 Å². The third kappa shape index (κ3) is 7.31. The molecule has 0 radical (unpaired) electrons. The number of nitrogens with zero attached hydrogens (tertiary/aromatic N) is 2. The number of thioether (sulfide) groups is 1. The minimum absolute atomic E-state index is 0.0407. The molecule has 3 fully saturated rings. The van der Waals surface area contributed by atoms with E-state index in [-0.39, 0.29) is 18.6 Å². The highest BCUT2D eigenvalue weighted by atomic mass is 79.9. The third-order valence-corrected chi connectivity index (χ3v) is 8.63. The quantitative estimate of drug-likeness (QED) is 0.234. The fraction of sp³-hybridized carbons (Fsp3) is 0.607. The SMILES string of the molecule is CCOC(=O)COc1cc(Br)c(C=C2SC(=NC3CCCCC3)N(C3CCCCC3)C2=O)cc1OCC. The van der Waals surface area contributed by atoms with Crippen molar-refractivity contribution in [3.63, 3.8) is 0 Å². The van der Waals surface area contributed by atoms with Crippen LogP contribution in [0.2, 0.25) is 0 Å². The molecule has 1 aromatic rings. The Bertz CT molecular complexity index is 1030. The number of rotatable bonds is 9. The van der Waals surface area contributed by atoms with Crippen LogP contribution in [-0.4, -0.2) is 53.8 Å². The maximum atomic E-state index is 13.7. The fourth-order valence-electron chi connectivity index (χ4n) is 5.13. The molecule has 0 unspecified atom stereocenters. The Labute approximate surface area is 232 Å². The molecule has 7 nitrogen and oxygen atoms in total. The molecule has 0 N–H and O–H groups in total. The summed E-state index contributed by atoms with van der Waals surface area (Å²) in [6.07, 6.45) is 13.4. The predicted molar refractivity (Wildman–Crippen MR) is 151 cm³/mol. The molecule has 1 amide bonds. The molecule has 2 saturated carbocycles. The smallest absolute Gasteiger partial charge is 0.344 e. The lowest BCUT2D eigenvalue weighted by atomic mass is 9.94. The highest BCUT2D eigenvalue weighted by Gasteiger charge is 2.39. The summed E-state index contributed by atoms with van der Waals surface area (Å²) >= 11 is 5.12. The highest BCUT2D eigenvalue weighted by molar-refractivity contribution is 9.10. The van der Waals surface area contributed by atoms with Crippen LogP contribution in [-0.2, 0) is 14.3 Å². The second kappa shape index (κ2) is 13.7. The Kier molecular flexibility index (Phi) is 10.4. The first-order chi connectivity index (χ1) is 18.0. The number of benzene rings is 1. The highest BCUT2D eigenvalue weighted by Crippen LogP contribution is 2.41. The van der Waals surface area contributed by atoms with E-state index in [9.17, 15) is 9.59 Å². The second-order valence-electron chi connectivity index (χ2n) is 9.63. The summed E-state index contributed by atoms with van der Waals surface area (Å²) < 4.78 is 17.2. The van der Waals surface area contributed by atoms with Crippen molar-refractivity contribution in [3.8, 4) is 11.5 Å². The Hall–Kier alpha value is -2.00. The molecule has 4 rings (SSSR count). The van der Waals surface area contributed by atoms with Crippen LogP contribution in [0.25, 0.3) is 6.08 Å². The lowest BCUT2D eigenvalue weighted by Crippen LogP contribution is -2.41. The van der Waals surface area contributed by atoms with E-state index in [0.717, 1.165) is 53.7 Å². The lowest BCUT2D eigenvalue weighted by molar-refractivity contribution is -0.145. The third-order valence-electron chi connectivity index (χ3n) is 6.94. The molecular formula is C28H37BrN2O5S. The fourth-order valence-corrected chi connectivity index (χ4v) is 6.66. The second-order valence-corrected chi connectivity index (χ2v) is 11.5. The Morgan fingerprint density at radius 3 is 2.38 bits per heavy atom. The average Bonchev–Trinajstić information content (AvgIpc) is 3.20.